The molecule has 21 heavy (non-hydrogen) atoms. The maximum Gasteiger partial charge on any atom is 0.394 e. The third-order valence-electron chi connectivity index (χ3n) is 1.65. The zero-order valence-corrected chi connectivity index (χ0v) is 11.2. The van der Waals surface area contributed by atoms with Crippen LogP contribution < -0.4 is 0 Å². The van der Waals surface area contributed by atoms with Crippen molar-refractivity contribution in [3.8, 4) is 0 Å². The standard InChI is InChI=1S/2C6H4O2.H2O4S/c2*7-5-1-2-6(8)4-3-5;1-5(2,3)4/h2*1-4H;(H2,1,2,3,4). The molecule has 0 aromatic carbocycles. The number of allylic oxidation sites excluding steroid dienone is 8. The van der Waals surface area contributed by atoms with E-state index in [2.05, 4.69) is 0 Å². The van der Waals surface area contributed by atoms with E-state index < -0.39 is 10.4 Å². The number of carbonyl (C=O) groups is 4. The molecular formula is C12H10O8S. The van der Waals surface area contributed by atoms with Crippen molar-refractivity contribution >= 4 is 33.5 Å². The quantitative estimate of drug-likeness (QED) is 0.464. The average Bonchev–Trinajstić information content (AvgIpc) is 2.35. The van der Waals surface area contributed by atoms with Gasteiger partial charge in [-0.05, 0) is 48.6 Å². The van der Waals surface area contributed by atoms with Crippen LogP contribution in [0.5, 0.6) is 0 Å². The van der Waals surface area contributed by atoms with Gasteiger partial charge in [-0.15, -0.1) is 0 Å². The summed E-state index contributed by atoms with van der Waals surface area (Å²) in [6.45, 7) is 0. The molecule has 2 aliphatic carbocycles. The van der Waals surface area contributed by atoms with Gasteiger partial charge in [0.2, 0.25) is 0 Å². The highest BCUT2D eigenvalue weighted by Gasteiger charge is 1.98. The van der Waals surface area contributed by atoms with Gasteiger partial charge in [-0.25, -0.2) is 0 Å². The molecule has 0 aliphatic heterocycles. The first-order chi connectivity index (χ1) is 9.58. The first kappa shape index (κ1) is 18.5. The molecule has 0 bridgehead atoms. The molecule has 0 aromatic heterocycles. The van der Waals surface area contributed by atoms with Crippen LogP contribution in [-0.2, 0) is 29.6 Å². The fourth-order valence-corrected chi connectivity index (χ4v) is 0.879. The van der Waals surface area contributed by atoms with Crippen LogP contribution in [0.15, 0.2) is 48.6 Å². The van der Waals surface area contributed by atoms with Gasteiger partial charge in [0.25, 0.3) is 0 Å². The second-order valence-electron chi connectivity index (χ2n) is 3.39. The molecule has 9 heteroatoms. The molecule has 0 saturated heterocycles. The van der Waals surface area contributed by atoms with Crippen LogP contribution in [-0.4, -0.2) is 40.7 Å². The van der Waals surface area contributed by atoms with E-state index in [1.54, 1.807) is 0 Å². The lowest BCUT2D eigenvalue weighted by atomic mass is 10.2. The summed E-state index contributed by atoms with van der Waals surface area (Å²) in [4.78, 5) is 41.1. The molecule has 0 spiro atoms. The lowest BCUT2D eigenvalue weighted by Crippen LogP contribution is -1.97. The Morgan fingerprint density at radius 1 is 0.524 bits per heavy atom. The van der Waals surface area contributed by atoms with Crippen molar-refractivity contribution in [3.05, 3.63) is 48.6 Å². The second kappa shape index (κ2) is 8.64. The number of carbonyl (C=O) groups excluding carboxylic acids is 4. The third-order valence-corrected chi connectivity index (χ3v) is 1.65. The summed E-state index contributed by atoms with van der Waals surface area (Å²) in [7, 11) is -4.67. The monoisotopic (exact) mass is 314 g/mol. The topological polar surface area (TPSA) is 143 Å². The maximum atomic E-state index is 10.3. The molecule has 0 fully saturated rings. The number of hydrogen-bond donors (Lipinski definition) is 2. The van der Waals surface area contributed by atoms with Crippen LogP contribution in [0.1, 0.15) is 0 Å². The predicted octanol–water partition coefficient (Wildman–Crippen LogP) is -0.152. The van der Waals surface area contributed by atoms with Crippen molar-refractivity contribution in [2.24, 2.45) is 0 Å². The van der Waals surface area contributed by atoms with Crippen molar-refractivity contribution < 1.29 is 36.7 Å². The molecule has 112 valence electrons. The lowest BCUT2D eigenvalue weighted by molar-refractivity contribution is -0.113. The molecule has 0 radical (unpaired) electrons. The summed E-state index contributed by atoms with van der Waals surface area (Å²) in [5, 5.41) is 0. The fourth-order valence-electron chi connectivity index (χ4n) is 0.879. The van der Waals surface area contributed by atoms with Gasteiger partial charge >= 0.3 is 10.4 Å². The lowest BCUT2D eigenvalue weighted by Gasteiger charge is -1.87. The van der Waals surface area contributed by atoms with E-state index in [1.165, 1.54) is 48.6 Å². The molecule has 0 aromatic rings. The van der Waals surface area contributed by atoms with Crippen molar-refractivity contribution in [3.63, 3.8) is 0 Å². The van der Waals surface area contributed by atoms with Crippen LogP contribution >= 0.6 is 0 Å². The summed E-state index contributed by atoms with van der Waals surface area (Å²) < 4.78 is 31.6. The molecular weight excluding hydrogens is 304 g/mol. The zero-order valence-electron chi connectivity index (χ0n) is 10.4. The Kier molecular flexibility index (Phi) is 7.61. The highest BCUT2D eigenvalue weighted by molar-refractivity contribution is 7.79. The summed E-state index contributed by atoms with van der Waals surface area (Å²) in [5.74, 6) is -0.483. The largest absolute Gasteiger partial charge is 0.394 e. The predicted molar refractivity (Wildman–Crippen MR) is 70.8 cm³/mol. The summed E-state index contributed by atoms with van der Waals surface area (Å²) >= 11 is 0. The van der Waals surface area contributed by atoms with E-state index >= 15 is 0 Å². The van der Waals surface area contributed by atoms with Gasteiger partial charge in [0, 0.05) is 0 Å². The first-order valence-electron chi connectivity index (χ1n) is 5.16. The minimum absolute atomic E-state index is 0.121. The van der Waals surface area contributed by atoms with E-state index in [0.29, 0.717) is 0 Å². The van der Waals surface area contributed by atoms with Gasteiger partial charge in [-0.1, -0.05) is 0 Å². The normalized spacial score (nSPS) is 16.1. The molecule has 0 atom stereocenters. The van der Waals surface area contributed by atoms with E-state index in [1.807, 2.05) is 0 Å². The first-order valence-corrected chi connectivity index (χ1v) is 6.55. The van der Waals surface area contributed by atoms with Gasteiger partial charge in [0.1, 0.15) is 0 Å². The Labute approximate surface area is 119 Å². The Hall–Kier alpha value is -2.49. The molecule has 0 heterocycles. The van der Waals surface area contributed by atoms with Crippen LogP contribution in [0.2, 0.25) is 0 Å². The van der Waals surface area contributed by atoms with Gasteiger partial charge in [0.15, 0.2) is 23.1 Å². The molecule has 2 N–H and O–H groups in total. The van der Waals surface area contributed by atoms with Crippen molar-refractivity contribution in [2.75, 3.05) is 0 Å². The zero-order chi connectivity index (χ0) is 16.5. The number of ketones is 4. The minimum Gasteiger partial charge on any atom is -0.290 e. The van der Waals surface area contributed by atoms with Gasteiger partial charge in [-0.3, -0.25) is 28.3 Å². The number of rotatable bonds is 0. The average molecular weight is 314 g/mol. The molecule has 2 aliphatic rings. The molecule has 0 amide bonds. The third kappa shape index (κ3) is 13.7. The second-order valence-corrected chi connectivity index (χ2v) is 4.29. The Bertz CT molecular complexity index is 533. The molecule has 0 unspecified atom stereocenters. The molecule has 0 saturated carbocycles. The SMILES string of the molecule is O=C1C=CC(=O)C=C1.O=C1C=CC(=O)C=C1.O=S(=O)(O)O. The van der Waals surface area contributed by atoms with E-state index in [-0.39, 0.29) is 23.1 Å². The van der Waals surface area contributed by atoms with Gasteiger partial charge in [0.05, 0.1) is 0 Å². The summed E-state index contributed by atoms with van der Waals surface area (Å²) in [5.41, 5.74) is 0. The summed E-state index contributed by atoms with van der Waals surface area (Å²) in [6, 6.07) is 0. The Morgan fingerprint density at radius 3 is 0.714 bits per heavy atom. The van der Waals surface area contributed by atoms with Gasteiger partial charge in [-0.2, -0.15) is 8.42 Å². The Morgan fingerprint density at radius 2 is 0.619 bits per heavy atom. The molecule has 8 nitrogen and oxygen atoms in total. The van der Waals surface area contributed by atoms with E-state index in [9.17, 15) is 19.2 Å². The van der Waals surface area contributed by atoms with Crippen LogP contribution in [0.3, 0.4) is 0 Å². The summed E-state index contributed by atoms with van der Waals surface area (Å²) in [6.07, 6.45) is 10.0. The van der Waals surface area contributed by atoms with Gasteiger partial charge < -0.3 is 0 Å². The van der Waals surface area contributed by atoms with E-state index in [0.717, 1.165) is 0 Å². The highest BCUT2D eigenvalue weighted by atomic mass is 32.3. The van der Waals surface area contributed by atoms with E-state index in [4.69, 9.17) is 17.5 Å². The van der Waals surface area contributed by atoms with Crippen LogP contribution in [0, 0.1) is 0 Å². The minimum atomic E-state index is -4.67. The van der Waals surface area contributed by atoms with Crippen molar-refractivity contribution in [1.82, 2.24) is 0 Å². The fraction of sp³-hybridized carbons (Fsp3) is 0. The smallest absolute Gasteiger partial charge is 0.290 e. The Balaban J connectivity index is 0.000000296. The highest BCUT2D eigenvalue weighted by Crippen LogP contribution is 1.91. The van der Waals surface area contributed by atoms with Crippen LogP contribution in [0.4, 0.5) is 0 Å². The van der Waals surface area contributed by atoms with Crippen molar-refractivity contribution in [1.29, 1.82) is 0 Å². The van der Waals surface area contributed by atoms with Crippen LogP contribution in [0.25, 0.3) is 0 Å². The van der Waals surface area contributed by atoms with Crippen molar-refractivity contribution in [2.45, 2.75) is 0 Å². The number of hydrogen-bond acceptors (Lipinski definition) is 6. The molecule has 2 rings (SSSR count). The maximum absolute atomic E-state index is 10.3.